The highest BCUT2D eigenvalue weighted by molar-refractivity contribution is 6.31. The normalized spacial score (nSPS) is 15.4. The Morgan fingerprint density at radius 1 is 1.29 bits per heavy atom. The van der Waals surface area contributed by atoms with Gasteiger partial charge in [0.25, 0.3) is 5.91 Å². The average molecular weight is 344 g/mol. The lowest BCUT2D eigenvalue weighted by atomic mass is 9.99. The minimum atomic E-state index is 0.00775. The molecule has 1 aromatic heterocycles. The molecule has 1 amide bonds. The van der Waals surface area contributed by atoms with Crippen LogP contribution in [-0.2, 0) is 0 Å². The first-order valence-electron chi connectivity index (χ1n) is 8.32. The van der Waals surface area contributed by atoms with Crippen molar-refractivity contribution in [2.75, 3.05) is 18.4 Å². The second kappa shape index (κ2) is 7.22. The maximum atomic E-state index is 12.6. The number of anilines is 2. The van der Waals surface area contributed by atoms with Crippen LogP contribution in [0.3, 0.4) is 0 Å². The molecule has 0 radical (unpaired) electrons. The highest BCUT2D eigenvalue weighted by Crippen LogP contribution is 2.26. The van der Waals surface area contributed by atoms with Gasteiger partial charge in [-0.15, -0.1) is 0 Å². The number of hydrogen-bond acceptors (Lipinski definition) is 3. The number of aromatic nitrogens is 1. The second-order valence-corrected chi connectivity index (χ2v) is 6.85. The zero-order valence-corrected chi connectivity index (χ0v) is 14.8. The third-order valence-electron chi connectivity index (χ3n) is 4.60. The molecule has 1 fully saturated rings. The predicted molar refractivity (Wildman–Crippen MR) is 98.0 cm³/mol. The number of benzene rings is 1. The molecule has 1 saturated heterocycles. The first-order valence-corrected chi connectivity index (χ1v) is 8.70. The van der Waals surface area contributed by atoms with Crippen LogP contribution in [0.1, 0.15) is 35.8 Å². The van der Waals surface area contributed by atoms with E-state index in [2.05, 4.69) is 17.2 Å². The molecule has 0 bridgehead atoms. The van der Waals surface area contributed by atoms with Gasteiger partial charge in [0.1, 0.15) is 5.69 Å². The molecule has 0 atom stereocenters. The van der Waals surface area contributed by atoms with Gasteiger partial charge in [-0.25, -0.2) is 0 Å². The van der Waals surface area contributed by atoms with Gasteiger partial charge in [0, 0.05) is 35.7 Å². The Bertz CT molecular complexity index is 739. The largest absolute Gasteiger partial charge is 0.355 e. The fraction of sp³-hybridized carbons (Fsp3) is 0.368. The van der Waals surface area contributed by atoms with Crippen molar-refractivity contribution in [1.82, 2.24) is 9.88 Å². The van der Waals surface area contributed by atoms with Gasteiger partial charge in [0.05, 0.1) is 0 Å². The van der Waals surface area contributed by atoms with E-state index in [-0.39, 0.29) is 5.91 Å². The molecule has 1 aliphatic heterocycles. The van der Waals surface area contributed by atoms with E-state index in [0.29, 0.717) is 16.6 Å². The monoisotopic (exact) mass is 343 g/mol. The molecule has 0 aliphatic carbocycles. The quantitative estimate of drug-likeness (QED) is 0.881. The van der Waals surface area contributed by atoms with E-state index < -0.39 is 0 Å². The molecule has 24 heavy (non-hydrogen) atoms. The lowest BCUT2D eigenvalue weighted by Gasteiger charge is -2.30. The molecular formula is C19H22ClN3O. The van der Waals surface area contributed by atoms with Crippen LogP contribution >= 0.6 is 11.6 Å². The Labute approximate surface area is 147 Å². The predicted octanol–water partition coefficient (Wildman–Crippen LogP) is 4.66. The Kier molecular flexibility index (Phi) is 5.05. The van der Waals surface area contributed by atoms with Crippen molar-refractivity contribution < 1.29 is 4.79 Å². The summed E-state index contributed by atoms with van der Waals surface area (Å²) in [6.07, 6.45) is 3.79. The highest BCUT2D eigenvalue weighted by atomic mass is 35.5. The summed E-state index contributed by atoms with van der Waals surface area (Å²) in [6, 6.07) is 9.39. The number of amides is 1. The third-order valence-corrected chi connectivity index (χ3v) is 5.01. The molecule has 1 aromatic carbocycles. The number of carbonyl (C=O) groups excluding carboxylic acids is 1. The Morgan fingerprint density at radius 3 is 2.79 bits per heavy atom. The first-order chi connectivity index (χ1) is 11.5. The van der Waals surface area contributed by atoms with E-state index >= 15 is 0 Å². The maximum absolute atomic E-state index is 12.6. The van der Waals surface area contributed by atoms with Crippen molar-refractivity contribution in [3.63, 3.8) is 0 Å². The molecule has 0 saturated carbocycles. The number of halogens is 1. The molecule has 1 aliphatic rings. The molecule has 126 valence electrons. The standard InChI is InChI=1S/C19H22ClN3O/c1-13-7-10-23(11-8-13)19(24)18-12-15(6-9-21-18)22-17-5-3-4-16(20)14(17)2/h3-6,9,12-13H,7-8,10-11H2,1-2H3,(H,21,22). The van der Waals surface area contributed by atoms with Gasteiger partial charge in [0.15, 0.2) is 0 Å². The van der Waals surface area contributed by atoms with Crippen LogP contribution in [0.15, 0.2) is 36.5 Å². The third kappa shape index (κ3) is 3.70. The van der Waals surface area contributed by atoms with Gasteiger partial charge in [-0.1, -0.05) is 24.6 Å². The van der Waals surface area contributed by atoms with Crippen molar-refractivity contribution in [3.8, 4) is 0 Å². The first kappa shape index (κ1) is 16.8. The van der Waals surface area contributed by atoms with E-state index in [1.54, 1.807) is 12.3 Å². The van der Waals surface area contributed by atoms with Crippen molar-refractivity contribution in [2.45, 2.75) is 26.7 Å². The van der Waals surface area contributed by atoms with Gasteiger partial charge in [-0.05, 0) is 55.5 Å². The number of nitrogens with one attached hydrogen (secondary N) is 1. The zero-order valence-electron chi connectivity index (χ0n) is 14.1. The van der Waals surface area contributed by atoms with E-state index in [1.165, 1.54) is 0 Å². The summed E-state index contributed by atoms with van der Waals surface area (Å²) in [6.45, 7) is 5.82. The van der Waals surface area contributed by atoms with Crippen molar-refractivity contribution in [2.24, 2.45) is 5.92 Å². The van der Waals surface area contributed by atoms with Crippen molar-refractivity contribution in [3.05, 3.63) is 52.8 Å². The summed E-state index contributed by atoms with van der Waals surface area (Å²) in [5, 5.41) is 4.04. The number of hydrogen-bond donors (Lipinski definition) is 1. The number of pyridine rings is 1. The Morgan fingerprint density at radius 2 is 2.04 bits per heavy atom. The lowest BCUT2D eigenvalue weighted by molar-refractivity contribution is 0.0691. The molecule has 1 N–H and O–H groups in total. The molecule has 2 heterocycles. The molecule has 0 spiro atoms. The number of rotatable bonds is 3. The molecule has 3 rings (SSSR count). The fourth-order valence-corrected chi connectivity index (χ4v) is 3.07. The van der Waals surface area contributed by atoms with Gasteiger partial charge >= 0.3 is 0 Å². The summed E-state index contributed by atoms with van der Waals surface area (Å²) >= 11 is 6.16. The number of carbonyl (C=O) groups is 1. The summed E-state index contributed by atoms with van der Waals surface area (Å²) in [4.78, 5) is 18.8. The molecule has 0 unspecified atom stereocenters. The Hall–Kier alpha value is -2.07. The smallest absolute Gasteiger partial charge is 0.272 e. The Balaban J connectivity index is 1.76. The minimum Gasteiger partial charge on any atom is -0.355 e. The summed E-state index contributed by atoms with van der Waals surface area (Å²) in [7, 11) is 0. The lowest BCUT2D eigenvalue weighted by Crippen LogP contribution is -2.38. The van der Waals surface area contributed by atoms with Crippen LogP contribution in [0.5, 0.6) is 0 Å². The van der Waals surface area contributed by atoms with Gasteiger partial charge in [0.2, 0.25) is 0 Å². The summed E-state index contributed by atoms with van der Waals surface area (Å²) < 4.78 is 0. The number of nitrogens with zero attached hydrogens (tertiary/aromatic N) is 2. The number of likely N-dealkylation sites (tertiary alicyclic amines) is 1. The van der Waals surface area contributed by atoms with Gasteiger partial charge < -0.3 is 10.2 Å². The number of piperidine rings is 1. The van der Waals surface area contributed by atoms with Crippen molar-refractivity contribution >= 4 is 28.9 Å². The zero-order chi connectivity index (χ0) is 17.1. The van der Waals surface area contributed by atoms with Crippen LogP contribution in [0.2, 0.25) is 5.02 Å². The molecule has 2 aromatic rings. The van der Waals surface area contributed by atoms with Crippen LogP contribution in [0.4, 0.5) is 11.4 Å². The fourth-order valence-electron chi connectivity index (χ4n) is 2.90. The topological polar surface area (TPSA) is 45.2 Å². The summed E-state index contributed by atoms with van der Waals surface area (Å²) in [5.41, 5.74) is 3.23. The SMILES string of the molecule is Cc1c(Cl)cccc1Nc1ccnc(C(=O)N2CCC(C)CC2)c1. The minimum absolute atomic E-state index is 0.00775. The van der Waals surface area contributed by atoms with Crippen molar-refractivity contribution in [1.29, 1.82) is 0 Å². The summed E-state index contributed by atoms with van der Waals surface area (Å²) in [5.74, 6) is 0.703. The van der Waals surface area contributed by atoms with Gasteiger partial charge in [-0.2, -0.15) is 0 Å². The van der Waals surface area contributed by atoms with Crippen LogP contribution in [-0.4, -0.2) is 28.9 Å². The van der Waals surface area contributed by atoms with E-state index in [1.807, 2.05) is 36.1 Å². The second-order valence-electron chi connectivity index (χ2n) is 6.44. The molecule has 4 nitrogen and oxygen atoms in total. The molecule has 5 heteroatoms. The van der Waals surface area contributed by atoms with E-state index in [4.69, 9.17) is 11.6 Å². The van der Waals surface area contributed by atoms with Crippen LogP contribution in [0.25, 0.3) is 0 Å². The van der Waals surface area contributed by atoms with Gasteiger partial charge in [-0.3, -0.25) is 9.78 Å². The van der Waals surface area contributed by atoms with Crippen LogP contribution in [0, 0.1) is 12.8 Å². The highest BCUT2D eigenvalue weighted by Gasteiger charge is 2.22. The van der Waals surface area contributed by atoms with Crippen LogP contribution < -0.4 is 5.32 Å². The molecular weight excluding hydrogens is 322 g/mol. The maximum Gasteiger partial charge on any atom is 0.272 e. The van der Waals surface area contributed by atoms with E-state index in [0.717, 1.165) is 42.9 Å². The van der Waals surface area contributed by atoms with E-state index in [9.17, 15) is 4.79 Å². The average Bonchev–Trinajstić information content (AvgIpc) is 2.59.